The lowest BCUT2D eigenvalue weighted by Crippen LogP contribution is -2.13. The minimum Gasteiger partial charge on any atom is -0.364 e. The normalized spacial score (nSPS) is 10.4. The second kappa shape index (κ2) is 4.48. The Morgan fingerprint density at radius 1 is 1.42 bits per heavy atom. The number of primary amides is 1. The first-order valence-electron chi connectivity index (χ1n) is 5.39. The van der Waals surface area contributed by atoms with Gasteiger partial charge < -0.3 is 5.73 Å². The van der Waals surface area contributed by atoms with E-state index in [1.54, 1.807) is 19.9 Å². The van der Waals surface area contributed by atoms with Crippen LogP contribution in [0.4, 0.5) is 5.69 Å². The van der Waals surface area contributed by atoms with E-state index in [0.29, 0.717) is 11.4 Å². The fourth-order valence-corrected chi connectivity index (χ4v) is 1.73. The van der Waals surface area contributed by atoms with Crippen LogP contribution >= 0.6 is 0 Å². The van der Waals surface area contributed by atoms with E-state index >= 15 is 0 Å². The van der Waals surface area contributed by atoms with Gasteiger partial charge in [0, 0.05) is 12.1 Å². The van der Waals surface area contributed by atoms with Gasteiger partial charge in [0.1, 0.15) is 0 Å². The van der Waals surface area contributed by atoms with Gasteiger partial charge >= 0.3 is 0 Å². The molecule has 0 radical (unpaired) electrons. The summed E-state index contributed by atoms with van der Waals surface area (Å²) in [6.45, 7) is 3.41. The number of nitro groups is 1. The van der Waals surface area contributed by atoms with Gasteiger partial charge in [-0.3, -0.25) is 14.9 Å². The highest BCUT2D eigenvalue weighted by Crippen LogP contribution is 2.22. The van der Waals surface area contributed by atoms with Gasteiger partial charge in [0.05, 0.1) is 16.3 Å². The molecule has 0 spiro atoms. The predicted octanol–water partition coefficient (Wildman–Crippen LogP) is 0.891. The topological polar surface area (TPSA) is 117 Å². The van der Waals surface area contributed by atoms with E-state index in [4.69, 9.17) is 5.73 Å². The number of benzene rings is 1. The van der Waals surface area contributed by atoms with Crippen LogP contribution in [-0.4, -0.2) is 25.8 Å². The maximum atomic E-state index is 11.1. The van der Waals surface area contributed by atoms with Crippen molar-refractivity contribution in [1.29, 1.82) is 0 Å². The molecule has 0 unspecified atom stereocenters. The molecule has 2 aromatic rings. The lowest BCUT2D eigenvalue weighted by atomic mass is 10.1. The van der Waals surface area contributed by atoms with Crippen LogP contribution in [0.3, 0.4) is 0 Å². The predicted molar refractivity (Wildman–Crippen MR) is 66.0 cm³/mol. The lowest BCUT2D eigenvalue weighted by Gasteiger charge is -2.06. The fraction of sp³-hybridized carbons (Fsp3) is 0.182. The van der Waals surface area contributed by atoms with E-state index in [0.717, 1.165) is 5.56 Å². The lowest BCUT2D eigenvalue weighted by molar-refractivity contribution is -0.384. The fourth-order valence-electron chi connectivity index (χ4n) is 1.73. The Bertz CT molecular complexity index is 677. The molecule has 2 N–H and O–H groups in total. The van der Waals surface area contributed by atoms with Gasteiger partial charge in [0.2, 0.25) is 0 Å². The molecule has 1 amide bonds. The second-order valence-electron chi connectivity index (χ2n) is 4.03. The molecular formula is C11H11N5O3. The van der Waals surface area contributed by atoms with Gasteiger partial charge in [-0.15, -0.1) is 5.10 Å². The van der Waals surface area contributed by atoms with E-state index in [1.807, 2.05) is 0 Å². The molecule has 0 fully saturated rings. The Kier molecular flexibility index (Phi) is 2.99. The summed E-state index contributed by atoms with van der Waals surface area (Å²) < 4.78 is 1.36. The highest BCUT2D eigenvalue weighted by molar-refractivity contribution is 5.91. The Morgan fingerprint density at radius 3 is 2.63 bits per heavy atom. The Labute approximate surface area is 108 Å². The molecule has 0 aliphatic carbocycles. The van der Waals surface area contributed by atoms with Crippen molar-refractivity contribution in [2.75, 3.05) is 0 Å². The zero-order valence-electron chi connectivity index (χ0n) is 10.3. The molecule has 0 aliphatic heterocycles. The maximum Gasteiger partial charge on any atom is 0.271 e. The Balaban J connectivity index is 2.61. The number of hydrogen-bond donors (Lipinski definition) is 1. The van der Waals surface area contributed by atoms with E-state index < -0.39 is 10.8 Å². The van der Waals surface area contributed by atoms with Gasteiger partial charge in [0.15, 0.2) is 5.69 Å². The molecule has 19 heavy (non-hydrogen) atoms. The molecular weight excluding hydrogens is 250 g/mol. The SMILES string of the molecule is Cc1ccc([N+](=O)[O-])cc1-n1nnc(C(N)=O)c1C. The second-order valence-corrected chi connectivity index (χ2v) is 4.03. The third-order valence-electron chi connectivity index (χ3n) is 2.76. The van der Waals surface area contributed by atoms with Crippen molar-refractivity contribution in [2.45, 2.75) is 13.8 Å². The Hall–Kier alpha value is -2.77. The third-order valence-corrected chi connectivity index (χ3v) is 2.76. The van der Waals surface area contributed by atoms with Crippen molar-refractivity contribution in [3.63, 3.8) is 0 Å². The summed E-state index contributed by atoms with van der Waals surface area (Å²) in [5.74, 6) is -0.688. The van der Waals surface area contributed by atoms with E-state index in [-0.39, 0.29) is 11.4 Å². The van der Waals surface area contributed by atoms with Crippen LogP contribution in [0.5, 0.6) is 0 Å². The van der Waals surface area contributed by atoms with Crippen molar-refractivity contribution in [3.05, 3.63) is 45.3 Å². The summed E-state index contributed by atoms with van der Waals surface area (Å²) >= 11 is 0. The van der Waals surface area contributed by atoms with Crippen molar-refractivity contribution in [2.24, 2.45) is 5.73 Å². The number of hydrogen-bond acceptors (Lipinski definition) is 5. The van der Waals surface area contributed by atoms with E-state index in [2.05, 4.69) is 10.3 Å². The van der Waals surface area contributed by atoms with E-state index in [1.165, 1.54) is 16.8 Å². The molecule has 0 saturated carbocycles. The van der Waals surface area contributed by atoms with Crippen molar-refractivity contribution < 1.29 is 9.72 Å². The minimum absolute atomic E-state index is 0.0471. The number of carbonyl (C=O) groups is 1. The van der Waals surface area contributed by atoms with Crippen LogP contribution < -0.4 is 5.73 Å². The summed E-state index contributed by atoms with van der Waals surface area (Å²) in [7, 11) is 0. The van der Waals surface area contributed by atoms with Gasteiger partial charge in [-0.1, -0.05) is 11.3 Å². The molecule has 0 bridgehead atoms. The molecule has 8 heteroatoms. The number of nitro benzene ring substituents is 1. The number of nitrogens with two attached hydrogens (primary N) is 1. The molecule has 0 saturated heterocycles. The zero-order chi connectivity index (χ0) is 14.2. The Morgan fingerprint density at radius 2 is 2.11 bits per heavy atom. The first-order chi connectivity index (χ1) is 8.91. The van der Waals surface area contributed by atoms with Crippen LogP contribution in [0.1, 0.15) is 21.7 Å². The van der Waals surface area contributed by atoms with Gasteiger partial charge in [0.25, 0.3) is 11.6 Å². The third kappa shape index (κ3) is 2.15. The molecule has 0 aliphatic rings. The zero-order valence-corrected chi connectivity index (χ0v) is 10.3. The minimum atomic E-state index is -0.688. The summed E-state index contributed by atoms with van der Waals surface area (Å²) in [5.41, 5.74) is 6.85. The van der Waals surface area contributed by atoms with Crippen LogP contribution in [0.2, 0.25) is 0 Å². The molecule has 8 nitrogen and oxygen atoms in total. The largest absolute Gasteiger partial charge is 0.364 e. The molecule has 1 aromatic carbocycles. The summed E-state index contributed by atoms with van der Waals surface area (Å²) in [6, 6.07) is 4.39. The number of aryl methyl sites for hydroxylation is 1. The highest BCUT2D eigenvalue weighted by Gasteiger charge is 2.17. The first kappa shape index (κ1) is 12.7. The average Bonchev–Trinajstić information content (AvgIpc) is 2.71. The monoisotopic (exact) mass is 261 g/mol. The van der Waals surface area contributed by atoms with Crippen LogP contribution in [0, 0.1) is 24.0 Å². The molecule has 1 heterocycles. The quantitative estimate of drug-likeness (QED) is 0.650. The number of nitrogens with zero attached hydrogens (tertiary/aromatic N) is 4. The van der Waals surface area contributed by atoms with E-state index in [9.17, 15) is 14.9 Å². The summed E-state index contributed by atoms with van der Waals surface area (Å²) in [4.78, 5) is 21.4. The molecule has 98 valence electrons. The number of non-ortho nitro benzene ring substituents is 1. The van der Waals surface area contributed by atoms with Crippen molar-refractivity contribution in [3.8, 4) is 5.69 Å². The molecule has 1 aromatic heterocycles. The van der Waals surface area contributed by atoms with Gasteiger partial charge in [-0.25, -0.2) is 4.68 Å². The average molecular weight is 261 g/mol. The highest BCUT2D eigenvalue weighted by atomic mass is 16.6. The first-order valence-corrected chi connectivity index (χ1v) is 5.39. The van der Waals surface area contributed by atoms with Crippen molar-refractivity contribution >= 4 is 11.6 Å². The standard InChI is InChI=1S/C11H11N5O3/c1-6-3-4-8(16(18)19)5-9(6)15-7(2)10(11(12)17)13-14-15/h3-5H,1-2H3,(H2,12,17). The van der Waals surface area contributed by atoms with Crippen LogP contribution in [0.25, 0.3) is 5.69 Å². The number of carbonyl (C=O) groups excluding carboxylic acids is 1. The van der Waals surface area contributed by atoms with Gasteiger partial charge in [-0.2, -0.15) is 0 Å². The summed E-state index contributed by atoms with van der Waals surface area (Å²) in [5, 5.41) is 18.3. The number of rotatable bonds is 3. The number of aromatic nitrogens is 3. The molecule has 0 atom stereocenters. The molecule has 2 rings (SSSR count). The van der Waals surface area contributed by atoms with Crippen molar-refractivity contribution in [1.82, 2.24) is 15.0 Å². The summed E-state index contributed by atoms with van der Waals surface area (Å²) in [6.07, 6.45) is 0. The van der Waals surface area contributed by atoms with Crippen LogP contribution in [-0.2, 0) is 0 Å². The van der Waals surface area contributed by atoms with Crippen LogP contribution in [0.15, 0.2) is 18.2 Å². The smallest absolute Gasteiger partial charge is 0.271 e. The number of amides is 1. The maximum absolute atomic E-state index is 11.1. The van der Waals surface area contributed by atoms with Gasteiger partial charge in [-0.05, 0) is 19.4 Å².